The van der Waals surface area contributed by atoms with Gasteiger partial charge < -0.3 is 5.32 Å². The van der Waals surface area contributed by atoms with Crippen LogP contribution in [0, 0.1) is 5.92 Å². The van der Waals surface area contributed by atoms with E-state index in [0.717, 1.165) is 45.7 Å². The predicted molar refractivity (Wildman–Crippen MR) is 123 cm³/mol. The number of rotatable bonds is 9. The van der Waals surface area contributed by atoms with Gasteiger partial charge in [0.05, 0.1) is 21.8 Å². The number of hydrazone groups is 1. The molecule has 0 spiro atoms. The molecule has 3 aromatic rings. The second-order valence-corrected chi connectivity index (χ2v) is 7.73. The lowest BCUT2D eigenvalue weighted by Gasteiger charge is -2.13. The van der Waals surface area contributed by atoms with E-state index < -0.39 is 0 Å². The number of benzene rings is 1. The molecule has 0 amide bonds. The minimum atomic E-state index is 0.441. The Morgan fingerprint density at radius 1 is 1.25 bits per heavy atom. The second-order valence-electron chi connectivity index (χ2n) is 6.81. The van der Waals surface area contributed by atoms with E-state index in [9.17, 15) is 0 Å². The zero-order valence-electron chi connectivity index (χ0n) is 16.4. The van der Waals surface area contributed by atoms with Crippen LogP contribution in [0.15, 0.2) is 71.9 Å². The Morgan fingerprint density at radius 3 is 2.93 bits per heavy atom. The van der Waals surface area contributed by atoms with Crippen LogP contribution in [0.4, 0.5) is 5.69 Å². The Labute approximate surface area is 170 Å². The fourth-order valence-electron chi connectivity index (χ4n) is 2.83. The first-order valence-corrected chi connectivity index (χ1v) is 10.3. The molecule has 1 atom stereocenters. The Balaban J connectivity index is 1.67. The maximum Gasteiger partial charge on any atom is 0.0749 e. The van der Waals surface area contributed by atoms with Crippen molar-refractivity contribution in [3.05, 3.63) is 77.3 Å². The minimum absolute atomic E-state index is 0.441. The van der Waals surface area contributed by atoms with Gasteiger partial charge in [-0.3, -0.25) is 10.4 Å². The summed E-state index contributed by atoms with van der Waals surface area (Å²) in [5, 5.41) is 10.9. The molecule has 0 aliphatic rings. The molecule has 0 saturated carbocycles. The van der Waals surface area contributed by atoms with Gasteiger partial charge >= 0.3 is 0 Å². The molecule has 2 aromatic heterocycles. The van der Waals surface area contributed by atoms with E-state index in [1.54, 1.807) is 11.3 Å². The fraction of sp³-hybridized carbons (Fsp3) is 0.217. The van der Waals surface area contributed by atoms with Crippen LogP contribution in [0.3, 0.4) is 0 Å². The van der Waals surface area contributed by atoms with Gasteiger partial charge in [-0.05, 0) is 41.5 Å². The topological polar surface area (TPSA) is 49.3 Å². The van der Waals surface area contributed by atoms with Gasteiger partial charge in [-0.25, -0.2) is 0 Å². The number of hydrogen-bond acceptors (Lipinski definition) is 5. The molecule has 3 rings (SSSR count). The van der Waals surface area contributed by atoms with Crippen molar-refractivity contribution in [2.24, 2.45) is 11.0 Å². The van der Waals surface area contributed by atoms with E-state index in [1.165, 1.54) is 5.56 Å². The van der Waals surface area contributed by atoms with E-state index in [1.807, 2.05) is 42.1 Å². The number of aromatic nitrogens is 1. The van der Waals surface area contributed by atoms with Crippen LogP contribution in [0.25, 0.3) is 16.6 Å². The molecule has 4 nitrogen and oxygen atoms in total. The third-order valence-electron chi connectivity index (χ3n) is 4.56. The van der Waals surface area contributed by atoms with Gasteiger partial charge in [0.15, 0.2) is 0 Å². The molecule has 1 aromatic carbocycles. The van der Waals surface area contributed by atoms with E-state index in [0.29, 0.717) is 5.92 Å². The molecule has 0 radical (unpaired) electrons. The normalized spacial score (nSPS) is 12.2. The standard InChI is InChI=1S/C23H26N4S/c1-5-16(2)15-25-27-18(4)23-22(11-13-28-23)26-17(3)14-19-8-6-10-21-20(19)9-7-12-24-21/h6-13,15-16,26-27H,3-5,14H2,1-2H3/b25-15-. The average Bonchev–Trinajstić information content (AvgIpc) is 3.16. The van der Waals surface area contributed by atoms with Crippen molar-refractivity contribution in [2.75, 3.05) is 5.32 Å². The number of allylic oxidation sites excluding steroid dienone is 1. The number of hydrogen-bond donors (Lipinski definition) is 2. The quantitative estimate of drug-likeness (QED) is 0.345. The van der Waals surface area contributed by atoms with Crippen molar-refractivity contribution in [1.29, 1.82) is 0 Å². The minimum Gasteiger partial charge on any atom is -0.358 e. The van der Waals surface area contributed by atoms with Crippen molar-refractivity contribution < 1.29 is 0 Å². The van der Waals surface area contributed by atoms with Crippen molar-refractivity contribution in [3.8, 4) is 0 Å². The van der Waals surface area contributed by atoms with Crippen molar-refractivity contribution >= 4 is 39.8 Å². The van der Waals surface area contributed by atoms with Gasteiger partial charge in [-0.15, -0.1) is 11.3 Å². The van der Waals surface area contributed by atoms with Gasteiger partial charge in [-0.2, -0.15) is 5.10 Å². The predicted octanol–water partition coefficient (Wildman–Crippen LogP) is 6.06. The Morgan fingerprint density at radius 2 is 2.11 bits per heavy atom. The molecule has 0 bridgehead atoms. The maximum atomic E-state index is 4.43. The van der Waals surface area contributed by atoms with Gasteiger partial charge in [-0.1, -0.05) is 45.2 Å². The Hall–Kier alpha value is -2.92. The summed E-state index contributed by atoms with van der Waals surface area (Å²) in [6, 6.07) is 12.3. The van der Waals surface area contributed by atoms with Crippen LogP contribution >= 0.6 is 11.3 Å². The summed E-state index contributed by atoms with van der Waals surface area (Å²) in [4.78, 5) is 5.46. The second kappa shape index (κ2) is 9.33. The molecule has 144 valence electrons. The van der Waals surface area contributed by atoms with Crippen molar-refractivity contribution in [3.63, 3.8) is 0 Å². The largest absolute Gasteiger partial charge is 0.358 e. The summed E-state index contributed by atoms with van der Waals surface area (Å²) in [5.41, 5.74) is 7.94. The van der Waals surface area contributed by atoms with Crippen LogP contribution < -0.4 is 10.7 Å². The first-order valence-electron chi connectivity index (χ1n) is 9.42. The highest BCUT2D eigenvalue weighted by atomic mass is 32.1. The summed E-state index contributed by atoms with van der Waals surface area (Å²) in [6.07, 6.45) is 5.52. The molecular formula is C23H26N4S. The number of anilines is 1. The van der Waals surface area contributed by atoms with Crippen LogP contribution in [0.2, 0.25) is 0 Å². The number of nitrogens with zero attached hydrogens (tertiary/aromatic N) is 2. The van der Waals surface area contributed by atoms with Crippen LogP contribution in [0.5, 0.6) is 0 Å². The first kappa shape index (κ1) is 19.8. The lowest BCUT2D eigenvalue weighted by Crippen LogP contribution is -2.07. The summed E-state index contributed by atoms with van der Waals surface area (Å²) >= 11 is 1.62. The van der Waals surface area contributed by atoms with E-state index in [-0.39, 0.29) is 0 Å². The summed E-state index contributed by atoms with van der Waals surface area (Å²) < 4.78 is 0. The first-order chi connectivity index (χ1) is 13.6. The van der Waals surface area contributed by atoms with Gasteiger partial charge in [0.1, 0.15) is 0 Å². The van der Waals surface area contributed by atoms with E-state index in [2.05, 4.69) is 60.0 Å². The number of nitrogens with one attached hydrogen (secondary N) is 2. The monoisotopic (exact) mass is 390 g/mol. The van der Waals surface area contributed by atoms with E-state index in [4.69, 9.17) is 0 Å². The Bertz CT molecular complexity index is 997. The van der Waals surface area contributed by atoms with Crippen molar-refractivity contribution in [2.45, 2.75) is 26.7 Å². The van der Waals surface area contributed by atoms with Crippen LogP contribution in [-0.4, -0.2) is 11.2 Å². The lowest BCUT2D eigenvalue weighted by molar-refractivity contribution is 0.746. The molecule has 28 heavy (non-hydrogen) atoms. The SMILES string of the molecule is C=C(Cc1cccc2ncccc12)Nc1ccsc1C(=C)N/N=C\C(C)CC. The van der Waals surface area contributed by atoms with Crippen molar-refractivity contribution in [1.82, 2.24) is 10.4 Å². The van der Waals surface area contributed by atoms with Gasteiger partial charge in [0.25, 0.3) is 0 Å². The summed E-state index contributed by atoms with van der Waals surface area (Å²) in [6.45, 7) is 12.6. The molecule has 0 saturated heterocycles. The summed E-state index contributed by atoms with van der Waals surface area (Å²) in [7, 11) is 0. The molecule has 2 N–H and O–H groups in total. The molecule has 0 fully saturated rings. The molecule has 1 unspecified atom stereocenters. The molecule has 2 heterocycles. The third kappa shape index (κ3) is 4.87. The zero-order valence-corrected chi connectivity index (χ0v) is 17.2. The highest BCUT2D eigenvalue weighted by Crippen LogP contribution is 2.29. The molecule has 0 aliphatic carbocycles. The lowest BCUT2D eigenvalue weighted by atomic mass is 10.0. The van der Waals surface area contributed by atoms with Crippen LogP contribution in [0.1, 0.15) is 30.7 Å². The maximum absolute atomic E-state index is 4.43. The highest BCUT2D eigenvalue weighted by Gasteiger charge is 2.10. The third-order valence-corrected chi connectivity index (χ3v) is 5.54. The van der Waals surface area contributed by atoms with Crippen LogP contribution in [-0.2, 0) is 6.42 Å². The average molecular weight is 391 g/mol. The van der Waals surface area contributed by atoms with Gasteiger partial charge in [0.2, 0.25) is 0 Å². The van der Waals surface area contributed by atoms with E-state index >= 15 is 0 Å². The number of pyridine rings is 1. The van der Waals surface area contributed by atoms with Gasteiger partial charge in [0, 0.05) is 29.9 Å². The summed E-state index contributed by atoms with van der Waals surface area (Å²) in [5.74, 6) is 0.441. The molecule has 5 heteroatoms. The molecule has 0 aliphatic heterocycles. The smallest absolute Gasteiger partial charge is 0.0749 e. The number of thiophene rings is 1. The highest BCUT2D eigenvalue weighted by molar-refractivity contribution is 7.11. The number of fused-ring (bicyclic) bond motifs is 1. The molecular weight excluding hydrogens is 364 g/mol. The fourth-order valence-corrected chi connectivity index (χ4v) is 3.60. The zero-order chi connectivity index (χ0) is 19.9. The Kier molecular flexibility index (Phi) is 6.61.